The van der Waals surface area contributed by atoms with Crippen LogP contribution in [0.5, 0.6) is 5.75 Å². The molecule has 0 aliphatic rings. The van der Waals surface area contributed by atoms with Crippen LogP contribution in [-0.2, 0) is 7.05 Å². The normalized spacial score (nSPS) is 12.9. The fraction of sp³-hybridized carbons (Fsp3) is 0.500. The van der Waals surface area contributed by atoms with Crippen LogP contribution in [0.4, 0.5) is 0 Å². The van der Waals surface area contributed by atoms with Crippen LogP contribution < -0.4 is 10.5 Å². The zero-order valence-corrected chi connectivity index (χ0v) is 11.3. The monoisotopic (exact) mass is 247 g/mol. The van der Waals surface area contributed by atoms with E-state index in [1.807, 2.05) is 12.1 Å². The molecule has 0 aliphatic heterocycles. The molecule has 98 valence electrons. The maximum atomic E-state index is 5.56. The van der Waals surface area contributed by atoms with Gasteiger partial charge in [0.25, 0.3) is 0 Å². The molecule has 0 aliphatic carbocycles. The molecule has 1 aromatic carbocycles. The summed E-state index contributed by atoms with van der Waals surface area (Å²) in [6.07, 6.45) is 2.11. The average Bonchev–Trinajstić information content (AvgIpc) is 2.72. The third-order valence-electron chi connectivity index (χ3n) is 3.40. The minimum Gasteiger partial charge on any atom is -0.497 e. The lowest BCUT2D eigenvalue weighted by Gasteiger charge is -2.10. The fourth-order valence-corrected chi connectivity index (χ4v) is 2.32. The van der Waals surface area contributed by atoms with Gasteiger partial charge < -0.3 is 15.0 Å². The molecular formula is C14H21N3O. The molecule has 2 rings (SSSR count). The number of nitrogens with zero attached hydrogens (tertiary/aromatic N) is 2. The number of fused-ring (bicyclic) bond motifs is 1. The maximum absolute atomic E-state index is 5.56. The predicted molar refractivity (Wildman–Crippen MR) is 74.0 cm³/mol. The molecule has 4 heteroatoms. The summed E-state index contributed by atoms with van der Waals surface area (Å²) in [4.78, 5) is 4.72. The van der Waals surface area contributed by atoms with E-state index < -0.39 is 0 Å². The summed E-state index contributed by atoms with van der Waals surface area (Å²) in [7, 11) is 3.74. The van der Waals surface area contributed by atoms with Crippen LogP contribution in [0.15, 0.2) is 18.2 Å². The second kappa shape index (κ2) is 5.40. The van der Waals surface area contributed by atoms with Crippen molar-refractivity contribution in [3.05, 3.63) is 24.0 Å². The predicted octanol–water partition coefficient (Wildman–Crippen LogP) is 2.42. The summed E-state index contributed by atoms with van der Waals surface area (Å²) in [6.45, 7) is 2.94. The average molecular weight is 247 g/mol. The van der Waals surface area contributed by atoms with E-state index in [1.165, 1.54) is 0 Å². The standard InChI is InChI=1S/C14H21N3O/c1-10(5-4-8-15)14-16-12-9-11(18-3)6-7-13(12)17(14)2/h6-7,9-10H,4-5,8,15H2,1-3H3. The molecule has 0 spiro atoms. The molecular weight excluding hydrogens is 226 g/mol. The van der Waals surface area contributed by atoms with E-state index in [2.05, 4.69) is 24.6 Å². The van der Waals surface area contributed by atoms with Crippen molar-refractivity contribution in [3.63, 3.8) is 0 Å². The highest BCUT2D eigenvalue weighted by Gasteiger charge is 2.14. The molecule has 18 heavy (non-hydrogen) atoms. The van der Waals surface area contributed by atoms with E-state index in [4.69, 9.17) is 15.5 Å². The number of ether oxygens (including phenoxy) is 1. The summed E-state index contributed by atoms with van der Waals surface area (Å²) in [5.41, 5.74) is 7.70. The SMILES string of the molecule is COc1ccc2c(c1)nc(C(C)CCCN)n2C. The molecule has 2 aromatic rings. The maximum Gasteiger partial charge on any atom is 0.121 e. The van der Waals surface area contributed by atoms with Crippen molar-refractivity contribution in [2.75, 3.05) is 13.7 Å². The van der Waals surface area contributed by atoms with E-state index in [9.17, 15) is 0 Å². The van der Waals surface area contributed by atoms with E-state index in [0.29, 0.717) is 5.92 Å². The van der Waals surface area contributed by atoms with Gasteiger partial charge in [-0.2, -0.15) is 0 Å². The lowest BCUT2D eigenvalue weighted by Crippen LogP contribution is -2.06. The smallest absolute Gasteiger partial charge is 0.121 e. The summed E-state index contributed by atoms with van der Waals surface area (Å²) in [5, 5.41) is 0. The van der Waals surface area contributed by atoms with Gasteiger partial charge in [-0.05, 0) is 31.5 Å². The molecule has 1 unspecified atom stereocenters. The van der Waals surface area contributed by atoms with Crippen LogP contribution in [0.3, 0.4) is 0 Å². The van der Waals surface area contributed by atoms with Crippen LogP contribution >= 0.6 is 0 Å². The number of hydrogen-bond acceptors (Lipinski definition) is 3. The van der Waals surface area contributed by atoms with Crippen molar-refractivity contribution in [3.8, 4) is 5.75 Å². The van der Waals surface area contributed by atoms with Crippen molar-refractivity contribution in [1.82, 2.24) is 9.55 Å². The van der Waals surface area contributed by atoms with Crippen molar-refractivity contribution in [2.45, 2.75) is 25.7 Å². The topological polar surface area (TPSA) is 53.1 Å². The van der Waals surface area contributed by atoms with E-state index in [0.717, 1.165) is 42.0 Å². The third-order valence-corrected chi connectivity index (χ3v) is 3.40. The number of rotatable bonds is 5. The molecule has 1 atom stereocenters. The molecule has 0 fully saturated rings. The van der Waals surface area contributed by atoms with Gasteiger partial charge in [-0.25, -0.2) is 4.98 Å². The lowest BCUT2D eigenvalue weighted by atomic mass is 10.1. The largest absolute Gasteiger partial charge is 0.497 e. The number of hydrogen-bond donors (Lipinski definition) is 1. The summed E-state index contributed by atoms with van der Waals surface area (Å²) in [5.74, 6) is 2.39. The minimum atomic E-state index is 0.428. The summed E-state index contributed by atoms with van der Waals surface area (Å²) < 4.78 is 7.39. The first-order valence-electron chi connectivity index (χ1n) is 6.37. The van der Waals surface area contributed by atoms with Gasteiger partial charge >= 0.3 is 0 Å². The van der Waals surface area contributed by atoms with Gasteiger partial charge in [0.15, 0.2) is 0 Å². The number of aromatic nitrogens is 2. The Bertz CT molecular complexity index is 533. The Morgan fingerprint density at radius 1 is 1.44 bits per heavy atom. The Morgan fingerprint density at radius 3 is 2.89 bits per heavy atom. The van der Waals surface area contributed by atoms with E-state index in [-0.39, 0.29) is 0 Å². The van der Waals surface area contributed by atoms with Crippen molar-refractivity contribution < 1.29 is 4.74 Å². The quantitative estimate of drug-likeness (QED) is 0.882. The first-order chi connectivity index (χ1) is 8.67. The van der Waals surface area contributed by atoms with Crippen LogP contribution in [0.2, 0.25) is 0 Å². The zero-order chi connectivity index (χ0) is 13.1. The first-order valence-corrected chi connectivity index (χ1v) is 6.37. The Labute approximate surface area is 108 Å². The van der Waals surface area contributed by atoms with Gasteiger partial charge in [0.1, 0.15) is 11.6 Å². The van der Waals surface area contributed by atoms with Crippen LogP contribution in [0.1, 0.15) is 31.5 Å². The highest BCUT2D eigenvalue weighted by atomic mass is 16.5. The Kier molecular flexibility index (Phi) is 3.87. The van der Waals surface area contributed by atoms with E-state index >= 15 is 0 Å². The van der Waals surface area contributed by atoms with Gasteiger partial charge in [0, 0.05) is 19.0 Å². The second-order valence-corrected chi connectivity index (χ2v) is 4.72. The van der Waals surface area contributed by atoms with Gasteiger partial charge in [-0.3, -0.25) is 0 Å². The molecule has 0 saturated heterocycles. The molecule has 0 radical (unpaired) electrons. The van der Waals surface area contributed by atoms with Crippen LogP contribution in [-0.4, -0.2) is 23.2 Å². The van der Waals surface area contributed by atoms with E-state index in [1.54, 1.807) is 7.11 Å². The number of aryl methyl sites for hydroxylation is 1. The number of nitrogens with two attached hydrogens (primary N) is 1. The number of imidazole rings is 1. The fourth-order valence-electron chi connectivity index (χ4n) is 2.32. The number of benzene rings is 1. The molecule has 0 saturated carbocycles. The minimum absolute atomic E-state index is 0.428. The molecule has 0 bridgehead atoms. The van der Waals surface area contributed by atoms with Gasteiger partial charge in [-0.15, -0.1) is 0 Å². The lowest BCUT2D eigenvalue weighted by molar-refractivity contribution is 0.415. The Morgan fingerprint density at radius 2 is 2.22 bits per heavy atom. The van der Waals surface area contributed by atoms with Gasteiger partial charge in [0.05, 0.1) is 18.1 Å². The van der Waals surface area contributed by atoms with Crippen molar-refractivity contribution >= 4 is 11.0 Å². The highest BCUT2D eigenvalue weighted by molar-refractivity contribution is 5.77. The molecule has 4 nitrogen and oxygen atoms in total. The first kappa shape index (κ1) is 12.9. The van der Waals surface area contributed by atoms with Crippen molar-refractivity contribution in [2.24, 2.45) is 12.8 Å². The molecule has 1 aromatic heterocycles. The summed E-state index contributed by atoms with van der Waals surface area (Å²) in [6, 6.07) is 6.01. The Balaban J connectivity index is 2.37. The molecule has 0 amide bonds. The van der Waals surface area contributed by atoms with Gasteiger partial charge in [-0.1, -0.05) is 6.92 Å². The zero-order valence-electron chi connectivity index (χ0n) is 11.3. The molecule has 2 N–H and O–H groups in total. The van der Waals surface area contributed by atoms with Crippen molar-refractivity contribution in [1.29, 1.82) is 0 Å². The molecule has 1 heterocycles. The van der Waals surface area contributed by atoms with Gasteiger partial charge in [0.2, 0.25) is 0 Å². The number of methoxy groups -OCH3 is 1. The third kappa shape index (κ3) is 2.34. The van der Waals surface area contributed by atoms with Crippen LogP contribution in [0, 0.1) is 0 Å². The summed E-state index contributed by atoms with van der Waals surface area (Å²) >= 11 is 0. The second-order valence-electron chi connectivity index (χ2n) is 4.72. The highest BCUT2D eigenvalue weighted by Crippen LogP contribution is 2.26. The van der Waals surface area contributed by atoms with Crippen LogP contribution in [0.25, 0.3) is 11.0 Å². The Hall–Kier alpha value is -1.55.